The minimum absolute atomic E-state index is 0.0368. The number of hydrogen-bond acceptors (Lipinski definition) is 8. The van der Waals surface area contributed by atoms with Crippen LogP contribution in [0.3, 0.4) is 0 Å². The molecule has 0 bridgehead atoms. The highest BCUT2D eigenvalue weighted by Gasteiger charge is 2.49. The first kappa shape index (κ1) is 24.7. The van der Waals surface area contributed by atoms with Gasteiger partial charge in [-0.15, -0.1) is 6.42 Å². The third kappa shape index (κ3) is 4.37. The SMILES string of the molecule is C#CC1CN(c2ccc(Nc3ncc4c(n3)N3C(C=C4)C(=O)NCC34CCCCC4)nc2)CCN1C(C)C. The van der Waals surface area contributed by atoms with Crippen molar-refractivity contribution < 1.29 is 4.79 Å². The Morgan fingerprint density at radius 1 is 1.16 bits per heavy atom. The van der Waals surface area contributed by atoms with Crippen LogP contribution in [0.25, 0.3) is 6.08 Å². The number of hydrogen-bond donors (Lipinski definition) is 2. The van der Waals surface area contributed by atoms with Gasteiger partial charge in [-0.05, 0) is 38.8 Å². The molecule has 9 nitrogen and oxygen atoms in total. The van der Waals surface area contributed by atoms with Gasteiger partial charge >= 0.3 is 0 Å². The highest BCUT2D eigenvalue weighted by molar-refractivity contribution is 5.93. The number of rotatable bonds is 4. The number of piperazine rings is 2. The van der Waals surface area contributed by atoms with Gasteiger partial charge in [0.15, 0.2) is 0 Å². The molecule has 198 valence electrons. The lowest BCUT2D eigenvalue weighted by atomic mass is 9.77. The molecule has 2 aromatic heterocycles. The maximum absolute atomic E-state index is 12.8. The van der Waals surface area contributed by atoms with E-state index in [0.29, 0.717) is 24.4 Å². The number of fused-ring (bicyclic) bond motifs is 4. The van der Waals surface area contributed by atoms with Crippen molar-refractivity contribution in [3.8, 4) is 12.3 Å². The van der Waals surface area contributed by atoms with Crippen molar-refractivity contribution in [3.63, 3.8) is 0 Å². The summed E-state index contributed by atoms with van der Waals surface area (Å²) in [6.45, 7) is 7.68. The molecule has 3 fully saturated rings. The number of nitrogens with zero attached hydrogens (tertiary/aromatic N) is 6. The third-order valence-corrected chi connectivity index (χ3v) is 8.55. The van der Waals surface area contributed by atoms with Crippen LogP contribution in [0.15, 0.2) is 30.6 Å². The zero-order valence-electron chi connectivity index (χ0n) is 22.2. The van der Waals surface area contributed by atoms with Crippen LogP contribution in [0.5, 0.6) is 0 Å². The van der Waals surface area contributed by atoms with E-state index in [9.17, 15) is 4.79 Å². The average molecular weight is 513 g/mol. The second kappa shape index (κ2) is 9.91. The molecule has 6 rings (SSSR count). The molecule has 38 heavy (non-hydrogen) atoms. The summed E-state index contributed by atoms with van der Waals surface area (Å²) in [5, 5.41) is 6.44. The van der Waals surface area contributed by atoms with Crippen molar-refractivity contribution in [1.29, 1.82) is 0 Å². The quantitative estimate of drug-likeness (QED) is 0.604. The van der Waals surface area contributed by atoms with Crippen LogP contribution >= 0.6 is 0 Å². The Morgan fingerprint density at radius 3 is 2.74 bits per heavy atom. The van der Waals surface area contributed by atoms with Gasteiger partial charge in [-0.3, -0.25) is 9.69 Å². The van der Waals surface area contributed by atoms with Gasteiger partial charge in [-0.1, -0.05) is 37.3 Å². The van der Waals surface area contributed by atoms with E-state index in [1.54, 1.807) is 0 Å². The molecule has 0 radical (unpaired) electrons. The highest BCUT2D eigenvalue weighted by Crippen LogP contribution is 2.42. The number of carbonyl (C=O) groups excluding carboxylic acids is 1. The Kier molecular flexibility index (Phi) is 6.44. The molecule has 1 aliphatic carbocycles. The van der Waals surface area contributed by atoms with Crippen LogP contribution in [0.1, 0.15) is 51.5 Å². The lowest BCUT2D eigenvalue weighted by Crippen LogP contribution is -2.69. The fraction of sp³-hybridized carbons (Fsp3) is 0.517. The van der Waals surface area contributed by atoms with Gasteiger partial charge in [0, 0.05) is 44.0 Å². The zero-order chi connectivity index (χ0) is 26.3. The van der Waals surface area contributed by atoms with Crippen LogP contribution in [0, 0.1) is 12.3 Å². The van der Waals surface area contributed by atoms with E-state index in [1.165, 1.54) is 19.3 Å². The lowest BCUT2D eigenvalue weighted by molar-refractivity contribution is -0.123. The minimum atomic E-state index is -0.336. The Labute approximate surface area is 224 Å². The first-order valence-corrected chi connectivity index (χ1v) is 13.8. The Balaban J connectivity index is 1.21. The van der Waals surface area contributed by atoms with Gasteiger partial charge in [-0.25, -0.2) is 9.97 Å². The summed E-state index contributed by atoms with van der Waals surface area (Å²) < 4.78 is 0. The van der Waals surface area contributed by atoms with Gasteiger partial charge in [0.2, 0.25) is 11.9 Å². The average Bonchev–Trinajstić information content (AvgIpc) is 2.95. The van der Waals surface area contributed by atoms with E-state index >= 15 is 0 Å². The van der Waals surface area contributed by atoms with E-state index in [2.05, 4.69) is 61.1 Å². The molecule has 2 saturated heterocycles. The first-order chi connectivity index (χ1) is 18.5. The molecule has 4 aliphatic rings. The standard InChI is InChI=1S/C29H36N8O/c1-4-22-18-35(14-15-36(22)20(2)3)23-9-11-25(30-17-23)33-28-31-16-21-8-10-24-27(38)32-19-29(12-6-5-7-13-29)37(24)26(21)34-28/h1,8-11,16-17,20,22,24H,5-7,12-15,18-19H2,2-3H3,(H,32,38)(H,30,31,33,34). The molecule has 2 aromatic rings. The van der Waals surface area contributed by atoms with E-state index < -0.39 is 0 Å². The smallest absolute Gasteiger partial charge is 0.246 e. The van der Waals surface area contributed by atoms with Crippen molar-refractivity contribution in [2.24, 2.45) is 0 Å². The lowest BCUT2D eigenvalue weighted by Gasteiger charge is -2.54. The summed E-state index contributed by atoms with van der Waals surface area (Å²) in [5.74, 6) is 4.97. The van der Waals surface area contributed by atoms with E-state index in [4.69, 9.17) is 11.4 Å². The number of pyridine rings is 1. The fourth-order valence-electron chi connectivity index (χ4n) is 6.52. The van der Waals surface area contributed by atoms with Gasteiger partial charge in [-0.2, -0.15) is 4.98 Å². The summed E-state index contributed by atoms with van der Waals surface area (Å²) >= 11 is 0. The Hall–Kier alpha value is -3.64. The fourth-order valence-corrected chi connectivity index (χ4v) is 6.52. The van der Waals surface area contributed by atoms with Crippen LogP contribution < -0.4 is 20.4 Å². The topological polar surface area (TPSA) is 89.5 Å². The van der Waals surface area contributed by atoms with Gasteiger partial charge in [0.05, 0.1) is 23.5 Å². The number of aromatic nitrogens is 3. The summed E-state index contributed by atoms with van der Waals surface area (Å²) in [5.41, 5.74) is 1.90. The normalized spacial score (nSPS) is 24.5. The second-order valence-electron chi connectivity index (χ2n) is 11.1. The summed E-state index contributed by atoms with van der Waals surface area (Å²) in [4.78, 5) is 33.9. The maximum atomic E-state index is 12.8. The van der Waals surface area contributed by atoms with Crippen LogP contribution in [0.2, 0.25) is 0 Å². The van der Waals surface area contributed by atoms with Crippen molar-refractivity contribution >= 4 is 35.3 Å². The summed E-state index contributed by atoms with van der Waals surface area (Å²) in [7, 11) is 0. The van der Waals surface area contributed by atoms with Crippen molar-refractivity contribution in [3.05, 3.63) is 36.2 Å². The van der Waals surface area contributed by atoms with Crippen LogP contribution in [-0.2, 0) is 4.79 Å². The van der Waals surface area contributed by atoms with Crippen LogP contribution in [-0.4, -0.2) is 75.6 Å². The number of anilines is 4. The van der Waals surface area contributed by atoms with Crippen molar-refractivity contribution in [2.75, 3.05) is 41.3 Å². The number of amides is 1. The van der Waals surface area contributed by atoms with Crippen LogP contribution in [0.4, 0.5) is 23.3 Å². The molecule has 9 heteroatoms. The van der Waals surface area contributed by atoms with E-state index in [1.807, 2.05) is 30.6 Å². The Morgan fingerprint density at radius 2 is 2.00 bits per heavy atom. The molecular formula is C29H36N8O. The number of carbonyl (C=O) groups is 1. The van der Waals surface area contributed by atoms with E-state index in [0.717, 1.165) is 49.5 Å². The van der Waals surface area contributed by atoms with E-state index in [-0.39, 0.29) is 23.5 Å². The monoisotopic (exact) mass is 512 g/mol. The molecule has 2 N–H and O–H groups in total. The van der Waals surface area contributed by atoms with Gasteiger partial charge < -0.3 is 20.4 Å². The molecule has 2 unspecified atom stereocenters. The molecule has 3 aliphatic heterocycles. The highest BCUT2D eigenvalue weighted by atomic mass is 16.2. The molecule has 1 saturated carbocycles. The summed E-state index contributed by atoms with van der Waals surface area (Å²) in [6.07, 6.45) is 19.2. The maximum Gasteiger partial charge on any atom is 0.246 e. The molecule has 0 aromatic carbocycles. The molecule has 1 spiro atoms. The molecule has 1 amide bonds. The largest absolute Gasteiger partial charge is 0.366 e. The molecule has 2 atom stereocenters. The van der Waals surface area contributed by atoms with Crippen molar-refractivity contribution in [2.45, 2.75) is 69.6 Å². The van der Waals surface area contributed by atoms with Gasteiger partial charge in [0.1, 0.15) is 17.7 Å². The minimum Gasteiger partial charge on any atom is -0.366 e. The first-order valence-electron chi connectivity index (χ1n) is 13.8. The predicted molar refractivity (Wildman–Crippen MR) is 150 cm³/mol. The second-order valence-corrected chi connectivity index (χ2v) is 11.1. The van der Waals surface area contributed by atoms with Crippen molar-refractivity contribution in [1.82, 2.24) is 25.2 Å². The van der Waals surface area contributed by atoms with Gasteiger partial charge in [0.25, 0.3) is 0 Å². The summed E-state index contributed by atoms with van der Waals surface area (Å²) in [6, 6.07) is 4.21. The molecule has 5 heterocycles. The Bertz CT molecular complexity index is 1260. The predicted octanol–water partition coefficient (Wildman–Crippen LogP) is 3.18. The number of terminal acetylenes is 1. The molecular weight excluding hydrogens is 476 g/mol. The number of nitrogens with one attached hydrogen (secondary N) is 2. The third-order valence-electron chi connectivity index (χ3n) is 8.55. The zero-order valence-corrected chi connectivity index (χ0v) is 22.2.